The molecule has 0 atom stereocenters. The Bertz CT molecular complexity index is 603. The second-order valence-electron chi connectivity index (χ2n) is 5.94. The van der Waals surface area contributed by atoms with Gasteiger partial charge in [0, 0.05) is 28.7 Å². The smallest absolute Gasteiger partial charge is 0.414 e. The van der Waals surface area contributed by atoms with E-state index in [9.17, 15) is 4.79 Å². The molecule has 1 aromatic carbocycles. The lowest BCUT2D eigenvalue weighted by molar-refractivity contribution is 0.149. The van der Waals surface area contributed by atoms with Gasteiger partial charge in [-0.3, -0.25) is 4.90 Å². The van der Waals surface area contributed by atoms with Crippen molar-refractivity contribution in [3.8, 4) is 0 Å². The molecule has 0 bridgehead atoms. The molecule has 0 spiro atoms. The fourth-order valence-corrected chi connectivity index (χ4v) is 2.65. The maximum Gasteiger partial charge on any atom is 0.414 e. The standard InChI is InChI=1S/C16H21N3O2S/c1-16(2,3)19(14-6-4-12(17)5-7-14)15(20)21-9-8-13-10-22-11-18-13/h4-7,10-11H,8-9,17H2,1-3H3. The van der Waals surface area contributed by atoms with Crippen LogP contribution in [0.4, 0.5) is 16.2 Å². The second-order valence-corrected chi connectivity index (χ2v) is 6.66. The molecule has 0 aliphatic heterocycles. The minimum Gasteiger partial charge on any atom is -0.449 e. The van der Waals surface area contributed by atoms with Crippen LogP contribution in [0.15, 0.2) is 35.2 Å². The van der Waals surface area contributed by atoms with E-state index in [1.54, 1.807) is 22.5 Å². The minimum atomic E-state index is -0.395. The summed E-state index contributed by atoms with van der Waals surface area (Å²) in [6.45, 7) is 6.20. The maximum absolute atomic E-state index is 12.5. The van der Waals surface area contributed by atoms with E-state index in [-0.39, 0.29) is 6.09 Å². The molecule has 1 amide bonds. The van der Waals surface area contributed by atoms with E-state index >= 15 is 0 Å². The van der Waals surface area contributed by atoms with Crippen molar-refractivity contribution in [1.29, 1.82) is 0 Å². The average Bonchev–Trinajstić information content (AvgIpc) is 2.93. The number of anilines is 2. The highest BCUT2D eigenvalue weighted by molar-refractivity contribution is 7.07. The van der Waals surface area contributed by atoms with Crippen molar-refractivity contribution in [3.63, 3.8) is 0 Å². The fraction of sp³-hybridized carbons (Fsp3) is 0.375. The first kappa shape index (κ1) is 16.3. The molecule has 0 saturated heterocycles. The zero-order chi connectivity index (χ0) is 16.2. The number of ether oxygens (including phenoxy) is 1. The molecule has 0 aliphatic rings. The average molecular weight is 319 g/mol. The normalized spacial score (nSPS) is 11.2. The lowest BCUT2D eigenvalue weighted by atomic mass is 10.1. The topological polar surface area (TPSA) is 68.5 Å². The van der Waals surface area contributed by atoms with Crippen LogP contribution in [-0.4, -0.2) is 23.2 Å². The number of aromatic nitrogens is 1. The Kier molecular flexibility index (Phi) is 5.03. The Labute approximate surface area is 134 Å². The SMILES string of the molecule is CC(C)(C)N(C(=O)OCCc1cscn1)c1ccc(N)cc1. The third-order valence-electron chi connectivity index (χ3n) is 3.07. The van der Waals surface area contributed by atoms with Crippen LogP contribution in [0.2, 0.25) is 0 Å². The molecule has 118 valence electrons. The Balaban J connectivity index is 2.05. The van der Waals surface area contributed by atoms with E-state index in [2.05, 4.69) is 4.98 Å². The van der Waals surface area contributed by atoms with Gasteiger partial charge in [0.15, 0.2) is 0 Å². The molecule has 0 radical (unpaired) electrons. The number of thiazole rings is 1. The Hall–Kier alpha value is -2.08. The minimum absolute atomic E-state index is 0.310. The molecule has 2 rings (SSSR count). The number of amides is 1. The number of nitrogen functional groups attached to an aromatic ring is 1. The zero-order valence-corrected chi connectivity index (χ0v) is 13.9. The number of rotatable bonds is 4. The molecule has 0 aliphatic carbocycles. The van der Waals surface area contributed by atoms with Crippen molar-refractivity contribution in [1.82, 2.24) is 4.98 Å². The zero-order valence-electron chi connectivity index (χ0n) is 13.1. The Morgan fingerprint density at radius 1 is 1.32 bits per heavy atom. The number of nitrogens with zero attached hydrogens (tertiary/aromatic N) is 2. The van der Waals surface area contributed by atoms with Gasteiger partial charge in [0.05, 0.1) is 17.8 Å². The molecule has 2 aromatic rings. The molecular weight excluding hydrogens is 298 g/mol. The summed E-state index contributed by atoms with van der Waals surface area (Å²) in [6.07, 6.45) is 0.252. The first-order valence-electron chi connectivity index (χ1n) is 7.07. The number of hydrogen-bond donors (Lipinski definition) is 1. The van der Waals surface area contributed by atoms with Crippen LogP contribution < -0.4 is 10.6 Å². The van der Waals surface area contributed by atoms with Crippen molar-refractivity contribution >= 4 is 28.8 Å². The molecule has 1 aromatic heterocycles. The van der Waals surface area contributed by atoms with E-state index in [1.165, 1.54) is 11.3 Å². The molecule has 0 unspecified atom stereocenters. The van der Waals surface area contributed by atoms with Crippen molar-refractivity contribution in [3.05, 3.63) is 40.8 Å². The number of benzene rings is 1. The van der Waals surface area contributed by atoms with E-state index in [4.69, 9.17) is 10.5 Å². The van der Waals surface area contributed by atoms with Crippen LogP contribution in [0.1, 0.15) is 26.5 Å². The summed E-state index contributed by atoms with van der Waals surface area (Å²) in [5, 5.41) is 1.95. The van der Waals surface area contributed by atoms with Gasteiger partial charge in [0.25, 0.3) is 0 Å². The number of carbonyl (C=O) groups is 1. The molecule has 22 heavy (non-hydrogen) atoms. The molecule has 2 N–H and O–H groups in total. The van der Waals surface area contributed by atoms with Gasteiger partial charge in [0.2, 0.25) is 0 Å². The van der Waals surface area contributed by atoms with Crippen LogP contribution in [0, 0.1) is 0 Å². The highest BCUT2D eigenvalue weighted by atomic mass is 32.1. The van der Waals surface area contributed by atoms with Crippen LogP contribution in [0.5, 0.6) is 0 Å². The number of nitrogens with two attached hydrogens (primary N) is 1. The molecule has 0 fully saturated rings. The quantitative estimate of drug-likeness (QED) is 0.872. The van der Waals surface area contributed by atoms with Crippen molar-refractivity contribution < 1.29 is 9.53 Å². The van der Waals surface area contributed by atoms with Crippen LogP contribution in [-0.2, 0) is 11.2 Å². The van der Waals surface area contributed by atoms with E-state index < -0.39 is 5.54 Å². The molecular formula is C16H21N3O2S. The highest BCUT2D eigenvalue weighted by Crippen LogP contribution is 2.25. The molecule has 0 saturated carbocycles. The lowest BCUT2D eigenvalue weighted by Crippen LogP contribution is -2.46. The number of hydrogen-bond acceptors (Lipinski definition) is 5. The summed E-state index contributed by atoms with van der Waals surface area (Å²) in [5.74, 6) is 0. The molecule has 1 heterocycles. The van der Waals surface area contributed by atoms with E-state index in [1.807, 2.05) is 38.3 Å². The largest absolute Gasteiger partial charge is 0.449 e. The summed E-state index contributed by atoms with van der Waals surface area (Å²) >= 11 is 1.53. The van der Waals surface area contributed by atoms with Crippen molar-refractivity contribution in [2.24, 2.45) is 0 Å². The molecule has 5 nitrogen and oxygen atoms in total. The van der Waals surface area contributed by atoms with Gasteiger partial charge >= 0.3 is 6.09 Å². The van der Waals surface area contributed by atoms with Gasteiger partial charge in [-0.2, -0.15) is 0 Å². The van der Waals surface area contributed by atoms with Crippen LogP contribution >= 0.6 is 11.3 Å². The summed E-state index contributed by atoms with van der Waals surface area (Å²) in [5.41, 5.74) is 9.44. The summed E-state index contributed by atoms with van der Waals surface area (Å²) in [6, 6.07) is 7.19. The van der Waals surface area contributed by atoms with E-state index in [0.717, 1.165) is 11.4 Å². The third-order valence-corrected chi connectivity index (χ3v) is 3.71. The van der Waals surface area contributed by atoms with Gasteiger partial charge in [0.1, 0.15) is 0 Å². The third kappa shape index (κ3) is 4.21. The predicted octanol–water partition coefficient (Wildman–Crippen LogP) is 3.71. The monoisotopic (exact) mass is 319 g/mol. The lowest BCUT2D eigenvalue weighted by Gasteiger charge is -2.34. The second kappa shape index (κ2) is 6.79. The highest BCUT2D eigenvalue weighted by Gasteiger charge is 2.29. The van der Waals surface area contributed by atoms with Crippen molar-refractivity contribution in [2.75, 3.05) is 17.2 Å². The first-order valence-corrected chi connectivity index (χ1v) is 8.02. The van der Waals surface area contributed by atoms with Crippen LogP contribution in [0.3, 0.4) is 0 Å². The number of carbonyl (C=O) groups excluding carboxylic acids is 1. The Morgan fingerprint density at radius 3 is 2.55 bits per heavy atom. The summed E-state index contributed by atoms with van der Waals surface area (Å²) < 4.78 is 5.41. The van der Waals surface area contributed by atoms with Crippen LogP contribution in [0.25, 0.3) is 0 Å². The van der Waals surface area contributed by atoms with Gasteiger partial charge in [-0.05, 0) is 45.0 Å². The van der Waals surface area contributed by atoms with Crippen molar-refractivity contribution in [2.45, 2.75) is 32.7 Å². The first-order chi connectivity index (χ1) is 10.4. The molecule has 6 heteroatoms. The van der Waals surface area contributed by atoms with Gasteiger partial charge < -0.3 is 10.5 Å². The summed E-state index contributed by atoms with van der Waals surface area (Å²) in [4.78, 5) is 18.3. The predicted molar refractivity (Wildman–Crippen MR) is 90.3 cm³/mol. The van der Waals surface area contributed by atoms with E-state index in [0.29, 0.717) is 18.7 Å². The fourth-order valence-electron chi connectivity index (χ4n) is 2.06. The maximum atomic E-state index is 12.5. The van der Waals surface area contributed by atoms with Gasteiger partial charge in [-0.15, -0.1) is 11.3 Å². The van der Waals surface area contributed by atoms with Gasteiger partial charge in [-0.25, -0.2) is 9.78 Å². The van der Waals surface area contributed by atoms with Gasteiger partial charge in [-0.1, -0.05) is 0 Å². The summed E-state index contributed by atoms with van der Waals surface area (Å²) in [7, 11) is 0. The Morgan fingerprint density at radius 2 is 2.00 bits per heavy atom.